The first-order valence-corrected chi connectivity index (χ1v) is 10.2. The van der Waals surface area contributed by atoms with Crippen molar-refractivity contribution < 1.29 is 4.79 Å². The largest absolute Gasteiger partial charge is 0.350 e. The van der Waals surface area contributed by atoms with Crippen molar-refractivity contribution in [2.75, 3.05) is 10.6 Å². The fraction of sp³-hybridized carbons (Fsp3) is 0.0909. The summed E-state index contributed by atoms with van der Waals surface area (Å²) in [6, 6.07) is 20.0. The van der Waals surface area contributed by atoms with Crippen LogP contribution in [0.4, 0.5) is 11.9 Å². The van der Waals surface area contributed by atoms with E-state index in [-0.39, 0.29) is 11.6 Å². The number of benzene rings is 2. The lowest BCUT2D eigenvalue weighted by Gasteiger charge is -2.07. The number of hydrogen-bond acceptors (Lipinski definition) is 6. The maximum absolute atomic E-state index is 12.9. The molecule has 156 valence electrons. The molecular weight excluding hydrogens is 435 g/mol. The summed E-state index contributed by atoms with van der Waals surface area (Å²) in [6.45, 7) is 0.928. The van der Waals surface area contributed by atoms with E-state index < -0.39 is 0 Å². The minimum absolute atomic E-state index is 0.270. The van der Waals surface area contributed by atoms with Gasteiger partial charge in [-0.05, 0) is 47.5 Å². The van der Waals surface area contributed by atoms with Gasteiger partial charge >= 0.3 is 0 Å². The fourth-order valence-corrected chi connectivity index (χ4v) is 3.06. The van der Waals surface area contributed by atoms with Crippen LogP contribution in [0.2, 0.25) is 10.0 Å². The van der Waals surface area contributed by atoms with Crippen LogP contribution in [0.25, 0.3) is 0 Å². The van der Waals surface area contributed by atoms with Gasteiger partial charge < -0.3 is 10.6 Å². The highest BCUT2D eigenvalue weighted by Gasteiger charge is 2.18. The van der Waals surface area contributed by atoms with Crippen LogP contribution in [0, 0.1) is 0 Å². The molecule has 4 aromatic rings. The Morgan fingerprint density at radius 3 is 2.03 bits per heavy atom. The van der Waals surface area contributed by atoms with Gasteiger partial charge in [0.15, 0.2) is 0 Å². The Balaban J connectivity index is 1.55. The number of pyridine rings is 1. The number of aromatic nitrogens is 4. The molecule has 0 saturated heterocycles. The quantitative estimate of drug-likeness (QED) is 0.415. The Bertz CT molecular complexity index is 1160. The van der Waals surface area contributed by atoms with Crippen LogP contribution in [0.15, 0.2) is 72.9 Å². The van der Waals surface area contributed by atoms with Gasteiger partial charge in [-0.1, -0.05) is 53.5 Å². The third-order valence-corrected chi connectivity index (χ3v) is 4.92. The van der Waals surface area contributed by atoms with Gasteiger partial charge in [-0.2, -0.15) is 9.67 Å². The molecule has 0 aliphatic rings. The van der Waals surface area contributed by atoms with Crippen LogP contribution in [0.5, 0.6) is 0 Å². The Hall–Kier alpha value is -3.42. The van der Waals surface area contributed by atoms with Gasteiger partial charge in [0.1, 0.15) is 5.69 Å². The zero-order valence-electron chi connectivity index (χ0n) is 16.3. The molecule has 31 heavy (non-hydrogen) atoms. The third-order valence-electron chi connectivity index (χ3n) is 4.41. The van der Waals surface area contributed by atoms with E-state index in [1.165, 1.54) is 4.68 Å². The highest BCUT2D eigenvalue weighted by molar-refractivity contribution is 6.30. The molecule has 0 amide bonds. The van der Waals surface area contributed by atoms with E-state index in [0.29, 0.717) is 35.0 Å². The van der Waals surface area contributed by atoms with Crippen LogP contribution >= 0.6 is 23.2 Å². The Kier molecular flexibility index (Phi) is 6.45. The summed E-state index contributed by atoms with van der Waals surface area (Å²) in [5.41, 5.74) is 2.26. The highest BCUT2D eigenvalue weighted by Crippen LogP contribution is 2.16. The van der Waals surface area contributed by atoms with Crippen molar-refractivity contribution in [3.8, 4) is 0 Å². The molecule has 0 atom stereocenters. The van der Waals surface area contributed by atoms with Gasteiger partial charge in [0.2, 0.25) is 11.9 Å². The zero-order chi connectivity index (χ0) is 21.6. The number of nitrogens with one attached hydrogen (secondary N) is 2. The lowest BCUT2D eigenvalue weighted by atomic mass is 10.2. The summed E-state index contributed by atoms with van der Waals surface area (Å²) < 4.78 is 1.21. The molecule has 0 spiro atoms. The van der Waals surface area contributed by atoms with Crippen molar-refractivity contribution in [3.63, 3.8) is 0 Å². The van der Waals surface area contributed by atoms with Crippen molar-refractivity contribution in [2.45, 2.75) is 13.1 Å². The molecule has 0 radical (unpaired) electrons. The Morgan fingerprint density at radius 1 is 0.839 bits per heavy atom. The topological polar surface area (TPSA) is 84.7 Å². The number of carbonyl (C=O) groups is 1. The number of anilines is 2. The third kappa shape index (κ3) is 5.39. The van der Waals surface area contributed by atoms with Crippen molar-refractivity contribution in [2.24, 2.45) is 0 Å². The summed E-state index contributed by atoms with van der Waals surface area (Å²) in [5, 5.41) is 12.0. The molecular formula is C22H18Cl2N6O. The molecule has 0 aliphatic carbocycles. The van der Waals surface area contributed by atoms with E-state index >= 15 is 0 Å². The molecule has 2 heterocycles. The molecule has 7 nitrogen and oxygen atoms in total. The van der Waals surface area contributed by atoms with E-state index in [0.717, 1.165) is 11.1 Å². The number of nitrogens with zero attached hydrogens (tertiary/aromatic N) is 4. The van der Waals surface area contributed by atoms with Gasteiger partial charge in [-0.15, -0.1) is 5.10 Å². The fourth-order valence-electron chi connectivity index (χ4n) is 2.81. The molecule has 0 saturated carbocycles. The predicted octanol–water partition coefficient (Wildman–Crippen LogP) is 4.89. The number of hydrogen-bond donors (Lipinski definition) is 2. The molecule has 2 aromatic carbocycles. The smallest absolute Gasteiger partial charge is 0.300 e. The van der Waals surface area contributed by atoms with Gasteiger partial charge in [-0.3, -0.25) is 9.78 Å². The molecule has 2 aromatic heterocycles. The van der Waals surface area contributed by atoms with Gasteiger partial charge in [-0.25, -0.2) is 0 Å². The summed E-state index contributed by atoms with van der Waals surface area (Å²) >= 11 is 11.9. The minimum atomic E-state index is -0.383. The van der Waals surface area contributed by atoms with Crippen molar-refractivity contribution in [3.05, 3.63) is 99.8 Å². The summed E-state index contributed by atoms with van der Waals surface area (Å²) in [4.78, 5) is 21.5. The van der Waals surface area contributed by atoms with Crippen molar-refractivity contribution in [1.82, 2.24) is 19.7 Å². The maximum atomic E-state index is 12.9. The summed E-state index contributed by atoms with van der Waals surface area (Å²) in [6.07, 6.45) is 1.56. The number of rotatable bonds is 7. The maximum Gasteiger partial charge on any atom is 0.300 e. The van der Waals surface area contributed by atoms with Crippen LogP contribution in [-0.4, -0.2) is 25.7 Å². The van der Waals surface area contributed by atoms with Crippen LogP contribution in [-0.2, 0) is 13.1 Å². The number of carbonyl (C=O) groups excluding carboxylic acids is 1. The second kappa shape index (κ2) is 9.59. The second-order valence-corrected chi connectivity index (χ2v) is 7.52. The molecule has 4 rings (SSSR count). The predicted molar refractivity (Wildman–Crippen MR) is 122 cm³/mol. The van der Waals surface area contributed by atoms with E-state index in [4.69, 9.17) is 23.2 Å². The highest BCUT2D eigenvalue weighted by atomic mass is 35.5. The average molecular weight is 453 g/mol. The lowest BCUT2D eigenvalue weighted by molar-refractivity contribution is 0.0942. The first kappa shape index (κ1) is 20.8. The Morgan fingerprint density at radius 2 is 1.45 bits per heavy atom. The van der Waals surface area contributed by atoms with Crippen LogP contribution in [0.1, 0.15) is 21.6 Å². The molecule has 0 fully saturated rings. The van der Waals surface area contributed by atoms with Gasteiger partial charge in [0.25, 0.3) is 5.91 Å². The lowest BCUT2D eigenvalue weighted by Crippen LogP contribution is -2.18. The van der Waals surface area contributed by atoms with Gasteiger partial charge in [0, 0.05) is 29.3 Å². The zero-order valence-corrected chi connectivity index (χ0v) is 17.8. The second-order valence-electron chi connectivity index (χ2n) is 6.65. The molecule has 0 unspecified atom stereocenters. The van der Waals surface area contributed by atoms with E-state index in [9.17, 15) is 4.79 Å². The molecule has 0 aliphatic heterocycles. The monoisotopic (exact) mass is 452 g/mol. The minimum Gasteiger partial charge on any atom is -0.350 e. The standard InChI is InChI=1S/C22H18Cl2N6O/c23-17-8-4-15(5-9-17)13-26-21-28-22(27-14-16-6-10-18(24)11-7-16)30(29-21)20(31)19-3-1-2-12-25-19/h1-12H,13-14H2,(H2,26,27,28,29). The van der Waals surface area contributed by atoms with E-state index in [1.54, 1.807) is 36.5 Å². The summed E-state index contributed by atoms with van der Waals surface area (Å²) in [5.74, 6) is 0.244. The van der Waals surface area contributed by atoms with Crippen LogP contribution in [0.3, 0.4) is 0 Å². The number of halogens is 2. The van der Waals surface area contributed by atoms with Gasteiger partial charge in [0.05, 0.1) is 0 Å². The Labute approximate surface area is 189 Å². The first-order chi connectivity index (χ1) is 15.1. The molecule has 0 bridgehead atoms. The average Bonchev–Trinajstić information content (AvgIpc) is 3.21. The summed E-state index contributed by atoms with van der Waals surface area (Å²) in [7, 11) is 0. The van der Waals surface area contributed by atoms with Crippen molar-refractivity contribution >= 4 is 41.0 Å². The normalized spacial score (nSPS) is 10.6. The SMILES string of the molecule is O=C(c1ccccn1)n1nc(NCc2ccc(Cl)cc2)nc1NCc1ccc(Cl)cc1. The van der Waals surface area contributed by atoms with Crippen LogP contribution < -0.4 is 10.6 Å². The first-order valence-electron chi connectivity index (χ1n) is 9.48. The molecule has 2 N–H and O–H groups in total. The van der Waals surface area contributed by atoms with E-state index in [1.807, 2.05) is 36.4 Å². The molecule has 9 heteroatoms. The van der Waals surface area contributed by atoms with Crippen molar-refractivity contribution in [1.29, 1.82) is 0 Å². The van der Waals surface area contributed by atoms with E-state index in [2.05, 4.69) is 25.7 Å².